The van der Waals surface area contributed by atoms with E-state index in [1.807, 2.05) is 0 Å². The lowest BCUT2D eigenvalue weighted by Crippen LogP contribution is -2.47. The molecule has 2 aliphatic rings. The van der Waals surface area contributed by atoms with E-state index in [1.54, 1.807) is 0 Å². The molecular weight excluding hydrogens is 186 g/mol. The van der Waals surface area contributed by atoms with E-state index in [0.717, 1.165) is 0 Å². The molecule has 0 amide bonds. The van der Waals surface area contributed by atoms with Gasteiger partial charge < -0.3 is 15.9 Å². The van der Waals surface area contributed by atoms with E-state index >= 15 is 0 Å². The molecule has 0 spiro atoms. The Balaban J connectivity index is 2.20. The standard InChI is InChI=1S/C9H13NO4/c10-5(8(1-2-8)6(11)12)9(3-4-9)7(13)14/h5H,1-4,10H2,(H,11,12)(H,13,14). The van der Waals surface area contributed by atoms with Crippen molar-refractivity contribution in [3.63, 3.8) is 0 Å². The molecule has 5 nitrogen and oxygen atoms in total. The summed E-state index contributed by atoms with van der Waals surface area (Å²) in [6, 6.07) is -0.731. The number of carboxylic acid groups (broad SMARTS) is 2. The largest absolute Gasteiger partial charge is 0.481 e. The Hall–Kier alpha value is -1.10. The van der Waals surface area contributed by atoms with Crippen molar-refractivity contribution in [3.05, 3.63) is 0 Å². The lowest BCUT2D eigenvalue weighted by atomic mass is 9.83. The van der Waals surface area contributed by atoms with Crippen molar-refractivity contribution in [2.75, 3.05) is 0 Å². The zero-order valence-corrected chi connectivity index (χ0v) is 7.69. The molecule has 0 unspecified atom stereocenters. The van der Waals surface area contributed by atoms with Gasteiger partial charge in [-0.15, -0.1) is 0 Å². The number of hydrogen-bond acceptors (Lipinski definition) is 3. The minimum atomic E-state index is -0.950. The number of rotatable bonds is 4. The molecule has 0 aromatic rings. The van der Waals surface area contributed by atoms with Gasteiger partial charge in [0.25, 0.3) is 0 Å². The van der Waals surface area contributed by atoms with E-state index in [9.17, 15) is 9.59 Å². The smallest absolute Gasteiger partial charge is 0.311 e. The zero-order chi connectivity index (χ0) is 10.6. The van der Waals surface area contributed by atoms with Crippen LogP contribution in [-0.4, -0.2) is 28.2 Å². The van der Waals surface area contributed by atoms with Crippen molar-refractivity contribution < 1.29 is 19.8 Å². The maximum absolute atomic E-state index is 10.9. The second-order valence-corrected chi connectivity index (χ2v) is 4.40. The van der Waals surface area contributed by atoms with Crippen LogP contribution in [0, 0.1) is 10.8 Å². The Morgan fingerprint density at radius 3 is 1.43 bits per heavy atom. The lowest BCUT2D eigenvalue weighted by Gasteiger charge is -2.25. The molecule has 0 radical (unpaired) electrons. The summed E-state index contributed by atoms with van der Waals surface area (Å²) in [6.45, 7) is 0. The minimum absolute atomic E-state index is 0.512. The summed E-state index contributed by atoms with van der Waals surface area (Å²) in [5.41, 5.74) is 3.90. The van der Waals surface area contributed by atoms with Gasteiger partial charge in [-0.3, -0.25) is 9.59 Å². The third kappa shape index (κ3) is 0.987. The predicted molar refractivity (Wildman–Crippen MR) is 46.6 cm³/mol. The van der Waals surface area contributed by atoms with Gasteiger partial charge in [-0.25, -0.2) is 0 Å². The first kappa shape index (κ1) is 9.45. The molecule has 5 heteroatoms. The van der Waals surface area contributed by atoms with Crippen molar-refractivity contribution in [3.8, 4) is 0 Å². The number of hydrogen-bond donors (Lipinski definition) is 3. The van der Waals surface area contributed by atoms with Gasteiger partial charge in [0.2, 0.25) is 0 Å². The summed E-state index contributed by atoms with van der Waals surface area (Å²) in [5.74, 6) is -1.89. The highest BCUT2D eigenvalue weighted by molar-refractivity contribution is 5.84. The second kappa shape index (κ2) is 2.48. The Morgan fingerprint density at radius 1 is 1.00 bits per heavy atom. The monoisotopic (exact) mass is 199 g/mol. The SMILES string of the molecule is NC(C1(C(=O)O)CC1)C1(C(=O)O)CC1. The van der Waals surface area contributed by atoms with E-state index in [4.69, 9.17) is 15.9 Å². The topological polar surface area (TPSA) is 101 Å². The molecule has 2 aliphatic carbocycles. The van der Waals surface area contributed by atoms with Gasteiger partial charge in [0.05, 0.1) is 10.8 Å². The fraction of sp³-hybridized carbons (Fsp3) is 0.778. The first-order chi connectivity index (χ1) is 6.46. The maximum atomic E-state index is 10.9. The van der Waals surface area contributed by atoms with Crippen molar-refractivity contribution in [2.45, 2.75) is 31.7 Å². The third-order valence-corrected chi connectivity index (χ3v) is 3.62. The number of aliphatic carboxylic acids is 2. The highest BCUT2D eigenvalue weighted by Gasteiger charge is 2.67. The Bertz CT molecular complexity index is 274. The van der Waals surface area contributed by atoms with Gasteiger partial charge in [0, 0.05) is 6.04 Å². The molecule has 0 aromatic carbocycles. The van der Waals surface area contributed by atoms with Gasteiger partial charge in [0.1, 0.15) is 0 Å². The molecule has 78 valence electrons. The summed E-state index contributed by atoms with van der Waals surface area (Å²) < 4.78 is 0. The Labute approximate surface area is 80.9 Å². The minimum Gasteiger partial charge on any atom is -0.481 e. The summed E-state index contributed by atoms with van der Waals surface area (Å²) >= 11 is 0. The number of nitrogens with two attached hydrogens (primary N) is 1. The summed E-state index contributed by atoms with van der Waals surface area (Å²) in [4.78, 5) is 21.9. The molecule has 14 heavy (non-hydrogen) atoms. The highest BCUT2D eigenvalue weighted by atomic mass is 16.4. The molecule has 0 saturated heterocycles. The second-order valence-electron chi connectivity index (χ2n) is 4.40. The van der Waals surface area contributed by atoms with Crippen LogP contribution in [0.5, 0.6) is 0 Å². The van der Waals surface area contributed by atoms with Crippen LogP contribution >= 0.6 is 0 Å². The van der Waals surface area contributed by atoms with E-state index < -0.39 is 28.8 Å². The van der Waals surface area contributed by atoms with Crippen molar-refractivity contribution in [1.29, 1.82) is 0 Å². The molecule has 2 rings (SSSR count). The van der Waals surface area contributed by atoms with Crippen LogP contribution in [0.25, 0.3) is 0 Å². The van der Waals surface area contributed by atoms with Gasteiger partial charge >= 0.3 is 11.9 Å². The van der Waals surface area contributed by atoms with Crippen molar-refractivity contribution in [2.24, 2.45) is 16.6 Å². The van der Waals surface area contributed by atoms with Crippen molar-refractivity contribution >= 4 is 11.9 Å². The van der Waals surface area contributed by atoms with Crippen LogP contribution in [0.2, 0.25) is 0 Å². The fourth-order valence-corrected chi connectivity index (χ4v) is 2.11. The van der Waals surface area contributed by atoms with Crippen LogP contribution in [0.4, 0.5) is 0 Å². The Kier molecular flexibility index (Phi) is 1.67. The molecular formula is C9H13NO4. The summed E-state index contributed by atoms with van der Waals surface area (Å²) in [5, 5.41) is 17.9. The fourth-order valence-electron chi connectivity index (χ4n) is 2.11. The van der Waals surface area contributed by atoms with E-state index in [0.29, 0.717) is 25.7 Å². The molecule has 0 heterocycles. The van der Waals surface area contributed by atoms with Crippen LogP contribution in [0.1, 0.15) is 25.7 Å². The molecule has 0 aliphatic heterocycles. The number of carboxylic acids is 2. The van der Waals surface area contributed by atoms with Crippen LogP contribution in [0.15, 0.2) is 0 Å². The average Bonchev–Trinajstić information content (AvgIpc) is 3.00. The quantitative estimate of drug-likeness (QED) is 0.593. The van der Waals surface area contributed by atoms with Crippen LogP contribution in [-0.2, 0) is 9.59 Å². The molecule has 4 N–H and O–H groups in total. The van der Waals surface area contributed by atoms with Gasteiger partial charge in [-0.05, 0) is 25.7 Å². The normalized spacial score (nSPS) is 25.9. The molecule has 0 bridgehead atoms. The van der Waals surface area contributed by atoms with Gasteiger partial charge in [0.15, 0.2) is 0 Å². The predicted octanol–water partition coefficient (Wildman–Crippen LogP) is 0.0433. The Morgan fingerprint density at radius 2 is 1.29 bits per heavy atom. The first-order valence-corrected chi connectivity index (χ1v) is 4.68. The third-order valence-electron chi connectivity index (χ3n) is 3.62. The van der Waals surface area contributed by atoms with Gasteiger partial charge in [-0.1, -0.05) is 0 Å². The van der Waals surface area contributed by atoms with Crippen LogP contribution in [0.3, 0.4) is 0 Å². The lowest BCUT2D eigenvalue weighted by molar-refractivity contribution is -0.149. The van der Waals surface area contributed by atoms with E-state index in [1.165, 1.54) is 0 Å². The zero-order valence-electron chi connectivity index (χ0n) is 7.69. The van der Waals surface area contributed by atoms with Crippen LogP contribution < -0.4 is 5.73 Å². The molecule has 2 saturated carbocycles. The maximum Gasteiger partial charge on any atom is 0.311 e. The molecule has 0 aromatic heterocycles. The summed E-state index contributed by atoms with van der Waals surface area (Å²) in [6.07, 6.45) is 2.05. The molecule has 0 atom stereocenters. The van der Waals surface area contributed by atoms with Gasteiger partial charge in [-0.2, -0.15) is 0 Å². The molecule has 2 fully saturated rings. The first-order valence-electron chi connectivity index (χ1n) is 4.68. The van der Waals surface area contributed by atoms with E-state index in [-0.39, 0.29) is 0 Å². The van der Waals surface area contributed by atoms with E-state index in [2.05, 4.69) is 0 Å². The average molecular weight is 199 g/mol. The summed E-state index contributed by atoms with van der Waals surface area (Å²) in [7, 11) is 0. The number of carbonyl (C=O) groups is 2. The van der Waals surface area contributed by atoms with Crippen molar-refractivity contribution in [1.82, 2.24) is 0 Å². The highest BCUT2D eigenvalue weighted by Crippen LogP contribution is 2.60.